The molecule has 1 atom stereocenters. The van der Waals surface area contributed by atoms with Crippen molar-refractivity contribution < 1.29 is 14.2 Å². The van der Waals surface area contributed by atoms with Crippen LogP contribution in [0.5, 0.6) is 0 Å². The van der Waals surface area contributed by atoms with Crippen molar-refractivity contribution in [3.63, 3.8) is 0 Å². The fraction of sp³-hybridized carbons (Fsp3) is 0.263. The fourth-order valence-electron chi connectivity index (χ4n) is 2.59. The summed E-state index contributed by atoms with van der Waals surface area (Å²) in [6.45, 7) is 4.60. The molecule has 0 aliphatic carbocycles. The lowest BCUT2D eigenvalue weighted by Crippen LogP contribution is -3.11. The Balaban J connectivity index is 1.53. The van der Waals surface area contributed by atoms with Crippen LogP contribution >= 0.6 is 11.3 Å². The predicted molar refractivity (Wildman–Crippen MR) is 98.2 cm³/mol. The number of hydrogen-bond donors (Lipinski definition) is 2. The van der Waals surface area contributed by atoms with Crippen LogP contribution in [0.25, 0.3) is 11.3 Å². The Labute approximate surface area is 151 Å². The zero-order chi connectivity index (χ0) is 17.5. The first kappa shape index (κ1) is 17.4. The summed E-state index contributed by atoms with van der Waals surface area (Å²) in [5.74, 6) is 0.810. The molecular weight excluding hydrogens is 334 g/mol. The molecule has 6 heteroatoms. The summed E-state index contributed by atoms with van der Waals surface area (Å²) >= 11 is 1.65. The SMILES string of the molecule is CC[NH+](CC(=O)NCc1cccs1)Cc1cc(-c2ccccc2)on1. The van der Waals surface area contributed by atoms with Gasteiger partial charge in [0.25, 0.3) is 5.91 Å². The van der Waals surface area contributed by atoms with Crippen LogP contribution in [-0.4, -0.2) is 24.2 Å². The maximum Gasteiger partial charge on any atom is 0.275 e. The van der Waals surface area contributed by atoms with Gasteiger partial charge in [-0.15, -0.1) is 11.3 Å². The summed E-state index contributed by atoms with van der Waals surface area (Å²) in [5.41, 5.74) is 1.87. The topological polar surface area (TPSA) is 59.6 Å². The number of nitrogens with zero attached hydrogens (tertiary/aromatic N) is 1. The van der Waals surface area contributed by atoms with E-state index in [1.165, 1.54) is 0 Å². The number of quaternary nitrogens is 1. The lowest BCUT2D eigenvalue weighted by Gasteiger charge is -2.15. The standard InChI is InChI=1S/C19H21N3O2S/c1-2-22(14-19(23)20-12-17-9-6-10-25-17)13-16-11-18(24-21-16)15-7-4-3-5-8-15/h3-11H,2,12-14H2,1H3,(H,20,23)/p+1. The highest BCUT2D eigenvalue weighted by Gasteiger charge is 2.16. The number of carbonyl (C=O) groups excluding carboxylic acids is 1. The number of thiophene rings is 1. The van der Waals surface area contributed by atoms with Crippen LogP contribution in [0, 0.1) is 0 Å². The molecule has 1 unspecified atom stereocenters. The summed E-state index contributed by atoms with van der Waals surface area (Å²) in [4.78, 5) is 14.5. The van der Waals surface area contributed by atoms with Gasteiger partial charge in [-0.25, -0.2) is 0 Å². The van der Waals surface area contributed by atoms with Crippen LogP contribution < -0.4 is 10.2 Å². The molecule has 3 aromatic rings. The highest BCUT2D eigenvalue weighted by molar-refractivity contribution is 7.09. The van der Waals surface area contributed by atoms with Gasteiger partial charge in [0.2, 0.25) is 0 Å². The minimum atomic E-state index is 0.0528. The predicted octanol–water partition coefficient (Wildman–Crippen LogP) is 2.12. The second kappa shape index (κ2) is 8.60. The fourth-order valence-corrected chi connectivity index (χ4v) is 3.24. The number of amides is 1. The number of benzene rings is 1. The Hall–Kier alpha value is -2.44. The van der Waals surface area contributed by atoms with Crippen molar-refractivity contribution in [2.45, 2.75) is 20.0 Å². The number of rotatable bonds is 8. The smallest absolute Gasteiger partial charge is 0.275 e. The van der Waals surface area contributed by atoms with Crippen molar-refractivity contribution in [1.29, 1.82) is 0 Å². The van der Waals surface area contributed by atoms with Crippen LogP contribution in [-0.2, 0) is 17.9 Å². The first-order valence-corrected chi connectivity index (χ1v) is 9.26. The molecule has 5 nitrogen and oxygen atoms in total. The summed E-state index contributed by atoms with van der Waals surface area (Å²) in [6.07, 6.45) is 0. The van der Waals surface area contributed by atoms with E-state index in [0.29, 0.717) is 19.6 Å². The molecule has 3 rings (SSSR count). The third-order valence-electron chi connectivity index (χ3n) is 4.00. The summed E-state index contributed by atoms with van der Waals surface area (Å²) in [6, 6.07) is 15.9. The molecule has 0 fully saturated rings. The van der Waals surface area contributed by atoms with Gasteiger partial charge in [0.05, 0.1) is 13.1 Å². The maximum absolute atomic E-state index is 12.2. The molecular formula is C19H22N3O2S+. The molecule has 0 aliphatic heterocycles. The highest BCUT2D eigenvalue weighted by Crippen LogP contribution is 2.19. The molecule has 25 heavy (non-hydrogen) atoms. The zero-order valence-electron chi connectivity index (χ0n) is 14.2. The quantitative estimate of drug-likeness (QED) is 0.650. The molecule has 0 saturated heterocycles. The summed E-state index contributed by atoms with van der Waals surface area (Å²) in [5, 5.41) is 9.14. The van der Waals surface area contributed by atoms with Crippen molar-refractivity contribution in [2.75, 3.05) is 13.1 Å². The molecule has 0 spiro atoms. The second-order valence-corrected chi connectivity index (χ2v) is 6.89. The van der Waals surface area contributed by atoms with Crippen LogP contribution in [0.4, 0.5) is 0 Å². The van der Waals surface area contributed by atoms with E-state index < -0.39 is 0 Å². The van der Waals surface area contributed by atoms with E-state index in [-0.39, 0.29) is 5.91 Å². The maximum atomic E-state index is 12.2. The molecule has 0 aliphatic rings. The van der Waals surface area contributed by atoms with Gasteiger partial charge < -0.3 is 14.7 Å². The Kier molecular flexibility index (Phi) is 5.98. The third-order valence-corrected chi connectivity index (χ3v) is 4.88. The van der Waals surface area contributed by atoms with E-state index >= 15 is 0 Å². The van der Waals surface area contributed by atoms with E-state index in [9.17, 15) is 4.79 Å². The van der Waals surface area contributed by atoms with E-state index in [1.54, 1.807) is 11.3 Å². The van der Waals surface area contributed by atoms with Gasteiger partial charge in [-0.3, -0.25) is 4.79 Å². The average molecular weight is 356 g/mol. The molecule has 1 aromatic carbocycles. The number of likely N-dealkylation sites (N-methyl/N-ethyl adjacent to an activating group) is 1. The van der Waals surface area contributed by atoms with Gasteiger partial charge in [0.15, 0.2) is 12.3 Å². The molecule has 2 heterocycles. The Morgan fingerprint density at radius 3 is 2.80 bits per heavy atom. The second-order valence-electron chi connectivity index (χ2n) is 5.86. The molecule has 1 amide bonds. The summed E-state index contributed by atoms with van der Waals surface area (Å²) < 4.78 is 5.44. The van der Waals surface area contributed by atoms with Gasteiger partial charge in [-0.1, -0.05) is 41.6 Å². The molecule has 0 radical (unpaired) electrons. The zero-order valence-corrected chi connectivity index (χ0v) is 15.0. The highest BCUT2D eigenvalue weighted by atomic mass is 32.1. The van der Waals surface area contributed by atoms with E-state index in [1.807, 2.05) is 53.9 Å². The molecule has 130 valence electrons. The monoisotopic (exact) mass is 356 g/mol. The lowest BCUT2D eigenvalue weighted by molar-refractivity contribution is -0.904. The first-order chi connectivity index (χ1) is 12.2. The molecule has 0 saturated carbocycles. The molecule has 2 aromatic heterocycles. The van der Waals surface area contributed by atoms with Crippen molar-refractivity contribution in [3.05, 3.63) is 64.5 Å². The average Bonchev–Trinajstić information content (AvgIpc) is 3.32. The number of aromatic nitrogens is 1. The van der Waals surface area contributed by atoms with Gasteiger partial charge in [-0.05, 0) is 18.4 Å². The van der Waals surface area contributed by atoms with Crippen LogP contribution in [0.15, 0.2) is 58.4 Å². The minimum absolute atomic E-state index is 0.0528. The van der Waals surface area contributed by atoms with Crippen LogP contribution in [0.2, 0.25) is 0 Å². The largest absolute Gasteiger partial charge is 0.356 e. The van der Waals surface area contributed by atoms with E-state index in [0.717, 1.165) is 33.3 Å². The van der Waals surface area contributed by atoms with Crippen molar-refractivity contribution in [2.24, 2.45) is 0 Å². The van der Waals surface area contributed by atoms with Crippen LogP contribution in [0.3, 0.4) is 0 Å². The lowest BCUT2D eigenvalue weighted by atomic mass is 10.1. The Morgan fingerprint density at radius 1 is 1.24 bits per heavy atom. The first-order valence-electron chi connectivity index (χ1n) is 8.38. The van der Waals surface area contributed by atoms with E-state index in [2.05, 4.69) is 17.4 Å². The van der Waals surface area contributed by atoms with Crippen LogP contribution in [0.1, 0.15) is 17.5 Å². The van der Waals surface area contributed by atoms with Crippen molar-refractivity contribution in [3.8, 4) is 11.3 Å². The normalized spacial score (nSPS) is 12.0. The van der Waals surface area contributed by atoms with Crippen molar-refractivity contribution in [1.82, 2.24) is 10.5 Å². The number of nitrogens with one attached hydrogen (secondary N) is 2. The molecule has 2 N–H and O–H groups in total. The summed E-state index contributed by atoms with van der Waals surface area (Å²) in [7, 11) is 0. The minimum Gasteiger partial charge on any atom is -0.356 e. The number of hydrogen-bond acceptors (Lipinski definition) is 4. The van der Waals surface area contributed by atoms with Gasteiger partial charge in [-0.2, -0.15) is 0 Å². The number of carbonyl (C=O) groups is 1. The Bertz CT molecular complexity index is 784. The van der Waals surface area contributed by atoms with E-state index in [4.69, 9.17) is 4.52 Å². The van der Waals surface area contributed by atoms with Crippen molar-refractivity contribution >= 4 is 17.2 Å². The van der Waals surface area contributed by atoms with Gasteiger partial charge in [0.1, 0.15) is 12.2 Å². The van der Waals surface area contributed by atoms with Gasteiger partial charge in [0, 0.05) is 16.5 Å². The third kappa shape index (κ3) is 5.01. The van der Waals surface area contributed by atoms with Gasteiger partial charge >= 0.3 is 0 Å². The molecule has 0 bridgehead atoms. The Morgan fingerprint density at radius 2 is 2.08 bits per heavy atom.